The molecule has 1 aromatic carbocycles. The number of benzene rings is 1. The Morgan fingerprint density at radius 1 is 1.07 bits per heavy atom. The molecule has 0 atom stereocenters. The van der Waals surface area contributed by atoms with Crippen molar-refractivity contribution in [2.24, 2.45) is 0 Å². The summed E-state index contributed by atoms with van der Waals surface area (Å²) in [5.41, 5.74) is 0.519. The minimum atomic E-state index is -3.61. The molecule has 0 bridgehead atoms. The second-order valence-electron chi connectivity index (χ2n) is 7.30. The summed E-state index contributed by atoms with van der Waals surface area (Å²) in [4.78, 5) is 9.08. The van der Waals surface area contributed by atoms with E-state index in [2.05, 4.69) is 9.97 Å². The monoisotopic (exact) mass is 430 g/mol. The van der Waals surface area contributed by atoms with Crippen molar-refractivity contribution in [2.75, 3.05) is 33.4 Å². The number of pyridine rings is 1. The fourth-order valence-corrected chi connectivity index (χ4v) is 5.51. The van der Waals surface area contributed by atoms with Gasteiger partial charge in [0.25, 0.3) is 0 Å². The molecule has 0 radical (unpaired) electrons. The van der Waals surface area contributed by atoms with E-state index in [1.807, 2.05) is 29.0 Å². The van der Waals surface area contributed by atoms with Crippen molar-refractivity contribution >= 4 is 20.9 Å². The molecule has 8 nitrogen and oxygen atoms in total. The molecular weight excluding hydrogens is 404 g/mol. The lowest BCUT2D eigenvalue weighted by molar-refractivity contribution is 0.0321. The lowest BCUT2D eigenvalue weighted by Gasteiger charge is -2.31. The topological polar surface area (TPSA) is 86.5 Å². The lowest BCUT2D eigenvalue weighted by atomic mass is 9.97. The van der Waals surface area contributed by atoms with Gasteiger partial charge in [-0.2, -0.15) is 4.31 Å². The van der Waals surface area contributed by atoms with Crippen molar-refractivity contribution < 1.29 is 17.9 Å². The van der Waals surface area contributed by atoms with Gasteiger partial charge in [0.1, 0.15) is 17.5 Å². The number of piperidine rings is 1. The summed E-state index contributed by atoms with van der Waals surface area (Å²) in [6.45, 7) is 2.38. The fraction of sp³-hybridized carbons (Fsp3) is 0.429. The van der Waals surface area contributed by atoms with Gasteiger partial charge in [0.15, 0.2) is 0 Å². The first kappa shape index (κ1) is 20.9. The highest BCUT2D eigenvalue weighted by atomic mass is 32.2. The Morgan fingerprint density at radius 2 is 1.87 bits per heavy atom. The van der Waals surface area contributed by atoms with Crippen LogP contribution in [0.1, 0.15) is 24.6 Å². The number of hydrogen-bond acceptors (Lipinski definition) is 6. The first-order valence-electron chi connectivity index (χ1n) is 10.0. The number of methoxy groups -OCH3 is 1. The Kier molecular flexibility index (Phi) is 6.43. The first-order chi connectivity index (χ1) is 14.6. The van der Waals surface area contributed by atoms with E-state index < -0.39 is 10.0 Å². The van der Waals surface area contributed by atoms with Gasteiger partial charge in [0, 0.05) is 50.1 Å². The number of aromatic nitrogens is 3. The van der Waals surface area contributed by atoms with Crippen molar-refractivity contribution in [2.45, 2.75) is 30.4 Å². The van der Waals surface area contributed by atoms with E-state index in [1.54, 1.807) is 35.9 Å². The largest absolute Gasteiger partial charge is 0.382 e. The molecule has 4 rings (SSSR count). The highest BCUT2D eigenvalue weighted by Gasteiger charge is 2.32. The van der Waals surface area contributed by atoms with Crippen molar-refractivity contribution in [3.8, 4) is 0 Å². The van der Waals surface area contributed by atoms with Gasteiger partial charge in [0.05, 0.1) is 18.7 Å². The minimum Gasteiger partial charge on any atom is -0.382 e. The van der Waals surface area contributed by atoms with Crippen LogP contribution < -0.4 is 0 Å². The lowest BCUT2D eigenvalue weighted by Crippen LogP contribution is -2.38. The molecule has 0 N–H and O–H groups in total. The van der Waals surface area contributed by atoms with Crippen LogP contribution >= 0.6 is 0 Å². The standard InChI is InChI=1S/C21H26N4O4S/c1-28-14-15-29-16-24-13-10-23-21(24)18-7-11-25(12-8-18)30(26,27)19-6-2-4-17-5-3-9-22-20(17)19/h2-6,9-10,13,18H,7-8,11-12,14-16H2,1H3. The molecular formula is C21H26N4O4S. The van der Waals surface area contributed by atoms with E-state index in [1.165, 1.54) is 0 Å². The van der Waals surface area contributed by atoms with E-state index in [0.717, 1.165) is 11.2 Å². The Hall–Kier alpha value is -2.33. The van der Waals surface area contributed by atoms with Crippen molar-refractivity contribution in [1.82, 2.24) is 18.8 Å². The molecule has 30 heavy (non-hydrogen) atoms. The Labute approximate surface area is 176 Å². The van der Waals surface area contributed by atoms with Crippen LogP contribution in [0.5, 0.6) is 0 Å². The van der Waals surface area contributed by atoms with Gasteiger partial charge in [0.2, 0.25) is 10.0 Å². The molecule has 2 aromatic heterocycles. The molecule has 1 aliphatic heterocycles. The minimum absolute atomic E-state index is 0.197. The number of nitrogens with zero attached hydrogens (tertiary/aromatic N) is 4. The van der Waals surface area contributed by atoms with E-state index in [4.69, 9.17) is 9.47 Å². The number of fused-ring (bicyclic) bond motifs is 1. The van der Waals surface area contributed by atoms with Crippen molar-refractivity contribution in [3.63, 3.8) is 0 Å². The average molecular weight is 431 g/mol. The summed E-state index contributed by atoms with van der Waals surface area (Å²) >= 11 is 0. The Morgan fingerprint density at radius 3 is 2.67 bits per heavy atom. The Bertz CT molecular complexity index is 1090. The predicted molar refractivity (Wildman–Crippen MR) is 113 cm³/mol. The summed E-state index contributed by atoms with van der Waals surface area (Å²) < 4.78 is 40.8. The number of hydrogen-bond donors (Lipinski definition) is 0. The smallest absolute Gasteiger partial charge is 0.245 e. The highest BCUT2D eigenvalue weighted by molar-refractivity contribution is 7.89. The van der Waals surface area contributed by atoms with Crippen molar-refractivity contribution in [1.29, 1.82) is 0 Å². The van der Waals surface area contributed by atoms with Crippen LogP contribution in [-0.4, -0.2) is 60.7 Å². The van der Waals surface area contributed by atoms with Gasteiger partial charge < -0.3 is 14.0 Å². The van der Waals surface area contributed by atoms with Crippen LogP contribution in [0.3, 0.4) is 0 Å². The molecule has 3 heterocycles. The van der Waals surface area contributed by atoms with Crippen LogP contribution in [0.2, 0.25) is 0 Å². The Balaban J connectivity index is 1.45. The zero-order chi connectivity index (χ0) is 21.0. The van der Waals surface area contributed by atoms with Crippen molar-refractivity contribution in [3.05, 3.63) is 54.7 Å². The molecule has 0 aliphatic carbocycles. The van der Waals surface area contributed by atoms with Gasteiger partial charge in [-0.15, -0.1) is 0 Å². The molecule has 0 amide bonds. The normalized spacial score (nSPS) is 16.3. The second-order valence-corrected chi connectivity index (χ2v) is 9.20. The van der Waals surface area contributed by atoms with E-state index in [9.17, 15) is 8.42 Å². The predicted octanol–water partition coefficient (Wildman–Crippen LogP) is 2.62. The molecule has 1 aliphatic rings. The van der Waals surface area contributed by atoms with Gasteiger partial charge in [-0.05, 0) is 25.0 Å². The summed E-state index contributed by atoms with van der Waals surface area (Å²) in [5.74, 6) is 1.14. The molecule has 1 saturated heterocycles. The highest BCUT2D eigenvalue weighted by Crippen LogP contribution is 2.31. The third-order valence-electron chi connectivity index (χ3n) is 5.44. The van der Waals surface area contributed by atoms with Crippen LogP contribution in [0.4, 0.5) is 0 Å². The van der Waals surface area contributed by atoms with E-state index in [0.29, 0.717) is 51.4 Å². The molecule has 0 spiro atoms. The van der Waals surface area contributed by atoms with Gasteiger partial charge in [-0.1, -0.05) is 18.2 Å². The van der Waals surface area contributed by atoms with Gasteiger partial charge in [-0.25, -0.2) is 13.4 Å². The summed E-state index contributed by atoms with van der Waals surface area (Å²) in [6, 6.07) is 8.97. The van der Waals surface area contributed by atoms with Gasteiger partial charge in [-0.3, -0.25) is 4.98 Å². The zero-order valence-corrected chi connectivity index (χ0v) is 17.8. The number of sulfonamides is 1. The molecule has 0 saturated carbocycles. The number of rotatable bonds is 8. The van der Waals surface area contributed by atoms with Crippen LogP contribution in [0.15, 0.2) is 53.8 Å². The maximum atomic E-state index is 13.3. The van der Waals surface area contributed by atoms with E-state index >= 15 is 0 Å². The quantitative estimate of drug-likeness (QED) is 0.511. The SMILES string of the molecule is COCCOCn1ccnc1C1CCN(S(=O)(=O)c2cccc3cccnc23)CC1. The average Bonchev–Trinajstić information content (AvgIpc) is 3.25. The number of ether oxygens (including phenoxy) is 2. The van der Waals surface area contributed by atoms with Crippen LogP contribution in [-0.2, 0) is 26.2 Å². The molecule has 0 unspecified atom stereocenters. The second kappa shape index (κ2) is 9.22. The van der Waals surface area contributed by atoms with E-state index in [-0.39, 0.29) is 10.8 Å². The number of para-hydroxylation sites is 1. The van der Waals surface area contributed by atoms with Crippen LogP contribution in [0, 0.1) is 0 Å². The fourth-order valence-electron chi connectivity index (χ4n) is 3.87. The number of imidazole rings is 1. The molecule has 160 valence electrons. The summed E-state index contributed by atoms with van der Waals surface area (Å²) in [7, 11) is -1.97. The maximum Gasteiger partial charge on any atom is 0.245 e. The maximum absolute atomic E-state index is 13.3. The molecule has 1 fully saturated rings. The molecule has 9 heteroatoms. The summed E-state index contributed by atoms with van der Waals surface area (Å²) in [5, 5.41) is 0.823. The third kappa shape index (κ3) is 4.24. The van der Waals surface area contributed by atoms with Gasteiger partial charge >= 0.3 is 0 Å². The first-order valence-corrected chi connectivity index (χ1v) is 11.5. The zero-order valence-electron chi connectivity index (χ0n) is 17.0. The summed E-state index contributed by atoms with van der Waals surface area (Å²) in [6.07, 6.45) is 6.72. The van der Waals surface area contributed by atoms with Crippen LogP contribution in [0.25, 0.3) is 10.9 Å². The third-order valence-corrected chi connectivity index (χ3v) is 7.37. The molecule has 3 aromatic rings.